The quantitative estimate of drug-likeness (QED) is 0.672. The molecular weight excluding hydrogens is 220 g/mol. The van der Waals surface area contributed by atoms with E-state index in [0.717, 1.165) is 0 Å². The van der Waals surface area contributed by atoms with Crippen LogP contribution in [-0.2, 0) is 9.59 Å². The third-order valence-electron chi connectivity index (χ3n) is 3.68. The summed E-state index contributed by atoms with van der Waals surface area (Å²) in [5.74, 6) is -1.79. The lowest BCUT2D eigenvalue weighted by molar-refractivity contribution is -0.142. The fourth-order valence-electron chi connectivity index (χ4n) is 1.02. The zero-order chi connectivity index (χ0) is 14.0. The largest absolute Gasteiger partial charge is 0.481 e. The van der Waals surface area contributed by atoms with Gasteiger partial charge in [0.15, 0.2) is 0 Å². The summed E-state index contributed by atoms with van der Waals surface area (Å²) in [6, 6.07) is -0.429. The van der Waals surface area contributed by atoms with Crippen LogP contribution < -0.4 is 11.1 Å². The Morgan fingerprint density at radius 1 is 1.18 bits per heavy atom. The van der Waals surface area contributed by atoms with Crippen molar-refractivity contribution in [3.8, 4) is 0 Å². The van der Waals surface area contributed by atoms with Gasteiger partial charge in [-0.3, -0.25) is 9.59 Å². The van der Waals surface area contributed by atoms with Crippen molar-refractivity contribution in [2.45, 2.75) is 53.1 Å². The molecule has 0 rings (SSSR count). The molecule has 0 radical (unpaired) electrons. The molecule has 2 atom stereocenters. The average Bonchev–Trinajstić information content (AvgIpc) is 2.14. The Balaban J connectivity index is 4.72. The summed E-state index contributed by atoms with van der Waals surface area (Å²) < 4.78 is 0. The molecule has 0 aliphatic carbocycles. The number of hydrogen-bond acceptors (Lipinski definition) is 3. The average molecular weight is 244 g/mol. The van der Waals surface area contributed by atoms with E-state index in [4.69, 9.17) is 10.8 Å². The standard InChI is InChI=1S/C12H24N2O3/c1-7(9(15)16)8(2)14-10(17)11(3,4)12(5,6)13/h7-8H,13H2,1-6H3,(H,14,17)(H,15,16). The van der Waals surface area contributed by atoms with Gasteiger partial charge in [-0.1, -0.05) is 0 Å². The smallest absolute Gasteiger partial charge is 0.308 e. The van der Waals surface area contributed by atoms with Gasteiger partial charge in [0.2, 0.25) is 5.91 Å². The van der Waals surface area contributed by atoms with E-state index in [9.17, 15) is 9.59 Å². The molecule has 0 aliphatic rings. The molecule has 0 bridgehead atoms. The van der Waals surface area contributed by atoms with Gasteiger partial charge in [0.25, 0.3) is 0 Å². The molecule has 2 unspecified atom stereocenters. The lowest BCUT2D eigenvalue weighted by Crippen LogP contribution is -2.57. The van der Waals surface area contributed by atoms with Crippen LogP contribution in [0.25, 0.3) is 0 Å². The number of carboxylic acid groups (broad SMARTS) is 1. The lowest BCUT2D eigenvalue weighted by Gasteiger charge is -2.38. The fraction of sp³-hybridized carbons (Fsp3) is 0.833. The molecule has 5 heteroatoms. The minimum Gasteiger partial charge on any atom is -0.481 e. The minimum absolute atomic E-state index is 0.231. The fourth-order valence-corrected chi connectivity index (χ4v) is 1.02. The van der Waals surface area contributed by atoms with Crippen molar-refractivity contribution in [1.29, 1.82) is 0 Å². The Labute approximate surface area is 103 Å². The second kappa shape index (κ2) is 5.04. The van der Waals surface area contributed by atoms with Crippen molar-refractivity contribution in [2.75, 3.05) is 0 Å². The highest BCUT2D eigenvalue weighted by atomic mass is 16.4. The van der Waals surface area contributed by atoms with E-state index >= 15 is 0 Å². The molecule has 0 heterocycles. The predicted octanol–water partition coefficient (Wildman–Crippen LogP) is 0.975. The SMILES string of the molecule is CC(NC(=O)C(C)(C)C(C)(C)N)C(C)C(=O)O. The van der Waals surface area contributed by atoms with Crippen molar-refractivity contribution in [1.82, 2.24) is 5.32 Å². The van der Waals surface area contributed by atoms with Crippen LogP contribution in [0.4, 0.5) is 0 Å². The third kappa shape index (κ3) is 3.70. The number of carbonyl (C=O) groups excluding carboxylic acids is 1. The van der Waals surface area contributed by atoms with E-state index in [1.54, 1.807) is 41.5 Å². The molecule has 100 valence electrons. The summed E-state index contributed by atoms with van der Waals surface area (Å²) in [6.07, 6.45) is 0. The molecule has 0 aromatic heterocycles. The van der Waals surface area contributed by atoms with Gasteiger partial charge in [-0.2, -0.15) is 0 Å². The van der Waals surface area contributed by atoms with Crippen LogP contribution in [0.3, 0.4) is 0 Å². The molecule has 0 saturated heterocycles. The van der Waals surface area contributed by atoms with E-state index in [2.05, 4.69) is 5.32 Å². The monoisotopic (exact) mass is 244 g/mol. The van der Waals surface area contributed by atoms with E-state index in [1.165, 1.54) is 0 Å². The Bertz CT molecular complexity index is 305. The van der Waals surface area contributed by atoms with E-state index in [1.807, 2.05) is 0 Å². The van der Waals surface area contributed by atoms with Crippen molar-refractivity contribution in [2.24, 2.45) is 17.1 Å². The summed E-state index contributed by atoms with van der Waals surface area (Å²) in [6.45, 7) is 10.3. The number of carboxylic acids is 1. The van der Waals surface area contributed by atoms with Gasteiger partial charge in [0, 0.05) is 11.6 Å². The van der Waals surface area contributed by atoms with Gasteiger partial charge < -0.3 is 16.2 Å². The lowest BCUT2D eigenvalue weighted by atomic mass is 9.74. The normalized spacial score (nSPS) is 16.2. The predicted molar refractivity (Wildman–Crippen MR) is 66.5 cm³/mol. The number of carbonyl (C=O) groups is 2. The number of aliphatic carboxylic acids is 1. The molecule has 0 aromatic carbocycles. The number of hydrogen-bond donors (Lipinski definition) is 3. The van der Waals surface area contributed by atoms with Crippen molar-refractivity contribution >= 4 is 11.9 Å². The first kappa shape index (κ1) is 15.9. The Kier molecular flexibility index (Phi) is 4.71. The van der Waals surface area contributed by atoms with Crippen LogP contribution in [0.2, 0.25) is 0 Å². The molecular formula is C12H24N2O3. The van der Waals surface area contributed by atoms with Crippen LogP contribution >= 0.6 is 0 Å². The first-order valence-electron chi connectivity index (χ1n) is 5.74. The molecule has 0 aliphatic heterocycles. The topological polar surface area (TPSA) is 92.4 Å². The van der Waals surface area contributed by atoms with Gasteiger partial charge in [0.05, 0.1) is 11.3 Å². The maximum Gasteiger partial charge on any atom is 0.308 e. The zero-order valence-corrected chi connectivity index (χ0v) is 11.5. The van der Waals surface area contributed by atoms with E-state index < -0.39 is 28.9 Å². The Hall–Kier alpha value is -1.10. The van der Waals surface area contributed by atoms with Crippen molar-refractivity contribution in [3.63, 3.8) is 0 Å². The molecule has 17 heavy (non-hydrogen) atoms. The molecule has 0 saturated carbocycles. The highest BCUT2D eigenvalue weighted by Crippen LogP contribution is 2.28. The van der Waals surface area contributed by atoms with Crippen LogP contribution in [0, 0.1) is 11.3 Å². The van der Waals surface area contributed by atoms with Crippen LogP contribution in [-0.4, -0.2) is 28.6 Å². The molecule has 4 N–H and O–H groups in total. The molecule has 0 fully saturated rings. The second-order valence-corrected chi connectivity index (χ2v) is 5.74. The maximum atomic E-state index is 12.1. The minimum atomic E-state index is -0.928. The molecule has 1 amide bonds. The molecule has 0 aromatic rings. The van der Waals surface area contributed by atoms with Gasteiger partial charge in [0.1, 0.15) is 0 Å². The van der Waals surface area contributed by atoms with Gasteiger partial charge in [-0.05, 0) is 41.5 Å². The first-order chi connectivity index (χ1) is 7.41. The summed E-state index contributed by atoms with van der Waals surface area (Å²) in [5, 5.41) is 11.6. The molecule has 0 spiro atoms. The van der Waals surface area contributed by atoms with Crippen molar-refractivity contribution in [3.05, 3.63) is 0 Å². The van der Waals surface area contributed by atoms with Crippen LogP contribution in [0.15, 0.2) is 0 Å². The summed E-state index contributed by atoms with van der Waals surface area (Å²) >= 11 is 0. The Morgan fingerprint density at radius 2 is 1.59 bits per heavy atom. The zero-order valence-electron chi connectivity index (χ0n) is 11.5. The summed E-state index contributed by atoms with van der Waals surface area (Å²) in [5.41, 5.74) is 4.51. The molecule has 5 nitrogen and oxygen atoms in total. The highest BCUT2D eigenvalue weighted by Gasteiger charge is 2.41. The van der Waals surface area contributed by atoms with Crippen molar-refractivity contribution < 1.29 is 14.7 Å². The van der Waals surface area contributed by atoms with Gasteiger partial charge in [-0.25, -0.2) is 0 Å². The maximum absolute atomic E-state index is 12.1. The summed E-state index contributed by atoms with van der Waals surface area (Å²) in [4.78, 5) is 22.9. The number of nitrogens with one attached hydrogen (secondary N) is 1. The second-order valence-electron chi connectivity index (χ2n) is 5.74. The first-order valence-corrected chi connectivity index (χ1v) is 5.74. The number of rotatable bonds is 5. The summed E-state index contributed by atoms with van der Waals surface area (Å²) in [7, 11) is 0. The third-order valence-corrected chi connectivity index (χ3v) is 3.68. The number of nitrogens with two attached hydrogens (primary N) is 1. The Morgan fingerprint density at radius 3 is 1.88 bits per heavy atom. The van der Waals surface area contributed by atoms with E-state index in [0.29, 0.717) is 0 Å². The highest BCUT2D eigenvalue weighted by molar-refractivity contribution is 5.84. The van der Waals surface area contributed by atoms with Gasteiger partial charge >= 0.3 is 5.97 Å². The number of amides is 1. The van der Waals surface area contributed by atoms with Crippen LogP contribution in [0.1, 0.15) is 41.5 Å². The van der Waals surface area contributed by atoms with Crippen LogP contribution in [0.5, 0.6) is 0 Å². The van der Waals surface area contributed by atoms with Gasteiger partial charge in [-0.15, -0.1) is 0 Å². The van der Waals surface area contributed by atoms with E-state index in [-0.39, 0.29) is 5.91 Å².